The zero-order chi connectivity index (χ0) is 30.9. The fourth-order valence-corrected chi connectivity index (χ4v) is 6.15. The normalized spacial score (nSPS) is 22.7. The van der Waals surface area contributed by atoms with Gasteiger partial charge in [0.25, 0.3) is 0 Å². The van der Waals surface area contributed by atoms with E-state index >= 15 is 0 Å². The Bertz CT molecular complexity index is 1430. The maximum atomic E-state index is 14.1. The van der Waals surface area contributed by atoms with E-state index in [1.165, 1.54) is 19.1 Å². The number of anilines is 2. The Morgan fingerprint density at radius 3 is 2.74 bits per heavy atom. The minimum Gasteiger partial charge on any atom is -0.462 e. The van der Waals surface area contributed by atoms with Crippen LogP contribution in [0.5, 0.6) is 6.01 Å². The molecule has 1 amide bonds. The first-order valence-corrected chi connectivity index (χ1v) is 14.2. The molecular weight excluding hydrogens is 565 g/mol. The number of amides is 1. The Labute approximate surface area is 248 Å². The molecule has 3 atom stereocenters. The molecule has 5 heterocycles. The molecule has 0 aromatic carbocycles. The van der Waals surface area contributed by atoms with Gasteiger partial charge in [0.2, 0.25) is 5.91 Å². The van der Waals surface area contributed by atoms with Gasteiger partial charge in [-0.1, -0.05) is 6.58 Å². The molecule has 43 heavy (non-hydrogen) atoms. The van der Waals surface area contributed by atoms with Crippen LogP contribution in [0.15, 0.2) is 18.7 Å². The third kappa shape index (κ3) is 6.37. The average Bonchev–Trinajstić information content (AvgIpc) is 3.38. The van der Waals surface area contributed by atoms with Crippen molar-refractivity contribution in [2.75, 3.05) is 50.5 Å². The number of rotatable bonds is 7. The molecule has 2 aromatic heterocycles. The maximum absolute atomic E-state index is 14.1. The molecule has 0 spiro atoms. The van der Waals surface area contributed by atoms with E-state index in [2.05, 4.69) is 27.5 Å². The first kappa shape index (κ1) is 30.5. The molecule has 2 fully saturated rings. The van der Waals surface area contributed by atoms with Gasteiger partial charge in [0.05, 0.1) is 42.1 Å². The molecule has 14 heteroatoms. The number of nitrogen functional groups attached to an aromatic ring is 1. The molecule has 0 radical (unpaired) electrons. The van der Waals surface area contributed by atoms with E-state index < -0.39 is 23.9 Å². The van der Waals surface area contributed by atoms with Crippen molar-refractivity contribution in [2.45, 2.75) is 63.6 Å². The number of fused-ring (bicyclic) bond motifs is 1. The van der Waals surface area contributed by atoms with Crippen molar-refractivity contribution < 1.29 is 27.4 Å². The summed E-state index contributed by atoms with van der Waals surface area (Å²) in [6.45, 7) is 7.25. The zero-order valence-electron chi connectivity index (χ0n) is 24.2. The molecule has 5 rings (SSSR count). The van der Waals surface area contributed by atoms with Crippen molar-refractivity contribution in [3.05, 3.63) is 46.8 Å². The predicted octanol–water partition coefficient (Wildman–Crippen LogP) is 3.18. The van der Waals surface area contributed by atoms with E-state index in [1.807, 2.05) is 11.9 Å². The Hall–Kier alpha value is -3.96. The van der Waals surface area contributed by atoms with Crippen molar-refractivity contribution >= 4 is 17.5 Å². The number of aromatic nitrogens is 3. The summed E-state index contributed by atoms with van der Waals surface area (Å²) in [6.07, 6.45) is -2.33. The highest BCUT2D eigenvalue weighted by molar-refractivity contribution is 5.87. The Kier molecular flexibility index (Phi) is 8.75. The van der Waals surface area contributed by atoms with E-state index in [-0.39, 0.29) is 54.5 Å². The van der Waals surface area contributed by atoms with Crippen LogP contribution in [-0.4, -0.2) is 82.6 Å². The first-order valence-electron chi connectivity index (χ1n) is 14.2. The van der Waals surface area contributed by atoms with Crippen molar-refractivity contribution in [2.24, 2.45) is 0 Å². The van der Waals surface area contributed by atoms with Crippen molar-refractivity contribution in [1.29, 1.82) is 5.26 Å². The lowest BCUT2D eigenvalue weighted by molar-refractivity contribution is -0.140. The van der Waals surface area contributed by atoms with E-state index in [0.717, 1.165) is 19.4 Å². The Morgan fingerprint density at radius 1 is 1.28 bits per heavy atom. The van der Waals surface area contributed by atoms with E-state index in [4.69, 9.17) is 20.2 Å². The summed E-state index contributed by atoms with van der Waals surface area (Å²) < 4.78 is 54.4. The lowest BCUT2D eigenvalue weighted by atomic mass is 9.96. The number of piperazine rings is 1. The number of hydrogen-bond acceptors (Lipinski definition) is 10. The topological polar surface area (TPSA) is 134 Å². The quantitative estimate of drug-likeness (QED) is 0.473. The average molecular weight is 601 g/mol. The number of alkyl halides is 3. The summed E-state index contributed by atoms with van der Waals surface area (Å²) in [7, 11) is 2.03. The van der Waals surface area contributed by atoms with Crippen LogP contribution in [0.25, 0.3) is 0 Å². The summed E-state index contributed by atoms with van der Waals surface area (Å²) >= 11 is 0. The van der Waals surface area contributed by atoms with Crippen LogP contribution in [0.4, 0.5) is 24.8 Å². The van der Waals surface area contributed by atoms with Gasteiger partial charge < -0.3 is 29.9 Å². The fourth-order valence-electron chi connectivity index (χ4n) is 6.15. The van der Waals surface area contributed by atoms with Crippen LogP contribution in [-0.2, 0) is 28.7 Å². The fraction of sp³-hybridized carbons (Fsp3) is 0.552. The molecule has 2 saturated heterocycles. The van der Waals surface area contributed by atoms with Gasteiger partial charge >= 0.3 is 12.2 Å². The minimum absolute atomic E-state index is 0.0000567. The van der Waals surface area contributed by atoms with E-state index in [1.54, 1.807) is 4.90 Å². The van der Waals surface area contributed by atoms with Crippen LogP contribution in [0.2, 0.25) is 0 Å². The molecule has 3 aliphatic heterocycles. The number of nitrogens with two attached hydrogens (primary N) is 1. The van der Waals surface area contributed by atoms with E-state index in [0.29, 0.717) is 43.3 Å². The lowest BCUT2D eigenvalue weighted by Gasteiger charge is -2.41. The Balaban J connectivity index is 1.50. The summed E-state index contributed by atoms with van der Waals surface area (Å²) in [4.78, 5) is 31.7. The number of likely N-dealkylation sites (tertiary alicyclic amines) is 1. The summed E-state index contributed by atoms with van der Waals surface area (Å²) in [5, 5.41) is 9.44. The van der Waals surface area contributed by atoms with Crippen LogP contribution in [0.3, 0.4) is 0 Å². The number of nitrogens with zero attached hydrogens (tertiary/aromatic N) is 7. The Morgan fingerprint density at radius 2 is 2.07 bits per heavy atom. The van der Waals surface area contributed by atoms with E-state index in [9.17, 15) is 23.2 Å². The highest BCUT2D eigenvalue weighted by Crippen LogP contribution is 2.42. The number of aryl methyl sites for hydroxylation is 1. The molecule has 0 saturated carbocycles. The van der Waals surface area contributed by atoms with Crippen LogP contribution < -0.4 is 15.4 Å². The molecular formula is C29H35F3N8O3. The third-order valence-corrected chi connectivity index (χ3v) is 8.35. The largest absolute Gasteiger partial charge is 0.462 e. The van der Waals surface area contributed by atoms with Crippen molar-refractivity contribution in [3.63, 3.8) is 0 Å². The first-order chi connectivity index (χ1) is 20.5. The third-order valence-electron chi connectivity index (χ3n) is 8.35. The second kappa shape index (κ2) is 12.3. The predicted molar refractivity (Wildman–Crippen MR) is 151 cm³/mol. The van der Waals surface area contributed by atoms with Crippen LogP contribution in [0, 0.1) is 18.3 Å². The number of nitriles is 1. The lowest BCUT2D eigenvalue weighted by Crippen LogP contribution is -2.55. The molecule has 2 N–H and O–H groups in total. The van der Waals surface area contributed by atoms with Crippen LogP contribution in [0.1, 0.15) is 53.4 Å². The molecule has 1 unspecified atom stereocenters. The van der Waals surface area contributed by atoms with Gasteiger partial charge in [-0.25, -0.2) is 4.98 Å². The number of carbonyl (C=O) groups is 1. The highest BCUT2D eigenvalue weighted by Gasteiger charge is 2.41. The van der Waals surface area contributed by atoms with Gasteiger partial charge in [-0.3, -0.25) is 4.79 Å². The SMILES string of the molecule is C=CC(=O)N1CCN(c2nc(OC[C@@H]3CCCN3C)nc3c2COC(c2nc(N)cc(C)c2C(F)(F)F)C3)C[C@@H]1CC#N. The number of hydrogen-bond donors (Lipinski definition) is 1. The monoisotopic (exact) mass is 600 g/mol. The van der Waals surface area contributed by atoms with Crippen LogP contribution >= 0.6 is 0 Å². The smallest absolute Gasteiger partial charge is 0.418 e. The van der Waals surface area contributed by atoms with Crippen molar-refractivity contribution in [3.8, 4) is 12.1 Å². The van der Waals surface area contributed by atoms with Gasteiger partial charge in [0.15, 0.2) is 0 Å². The number of likely N-dealkylation sites (N-methyl/N-ethyl adjacent to an activating group) is 1. The number of halogens is 3. The zero-order valence-corrected chi connectivity index (χ0v) is 24.2. The number of ether oxygens (including phenoxy) is 2. The molecule has 0 aliphatic carbocycles. The number of carbonyl (C=O) groups excluding carboxylic acids is 1. The molecule has 2 aromatic rings. The van der Waals surface area contributed by atoms with Gasteiger partial charge in [0.1, 0.15) is 24.3 Å². The number of pyridine rings is 1. The maximum Gasteiger partial charge on any atom is 0.418 e. The highest BCUT2D eigenvalue weighted by atomic mass is 19.4. The molecule has 3 aliphatic rings. The second-order valence-corrected chi connectivity index (χ2v) is 11.2. The second-order valence-electron chi connectivity index (χ2n) is 11.2. The van der Waals surface area contributed by atoms with Gasteiger partial charge in [0, 0.05) is 37.7 Å². The van der Waals surface area contributed by atoms with Crippen molar-refractivity contribution in [1.82, 2.24) is 24.8 Å². The van der Waals surface area contributed by atoms with Gasteiger partial charge in [-0.05, 0) is 51.1 Å². The molecule has 0 bridgehead atoms. The summed E-state index contributed by atoms with van der Waals surface area (Å²) in [6, 6.07) is 3.25. The van der Waals surface area contributed by atoms with Gasteiger partial charge in [-0.2, -0.15) is 28.4 Å². The van der Waals surface area contributed by atoms with Gasteiger partial charge in [-0.15, -0.1) is 0 Å². The molecule has 230 valence electrons. The summed E-state index contributed by atoms with van der Waals surface area (Å²) in [5.74, 6) is 0.226. The molecule has 11 nitrogen and oxygen atoms in total. The minimum atomic E-state index is -4.65. The standard InChI is InChI=1S/C29H35F3N8O3/c1-4-24(41)40-11-10-39(14-18(40)7-8-33)27-20-16-42-22(26-25(29(30,31)32)17(2)12-23(34)36-26)13-21(20)35-28(37-27)43-15-19-6-5-9-38(19)3/h4,12,18-19,22H,1,5-7,9-11,13-16H2,2-3H3,(H2,34,36)/t18-,19-,22?/m0/s1. The summed E-state index contributed by atoms with van der Waals surface area (Å²) in [5.41, 5.74) is 5.79.